The van der Waals surface area contributed by atoms with E-state index in [1.807, 2.05) is 0 Å². The van der Waals surface area contributed by atoms with Gasteiger partial charge in [-0.3, -0.25) is 0 Å². The molecular formula is H3NO2Si. The van der Waals surface area contributed by atoms with Crippen LogP contribution in [-0.2, 0) is 0 Å². The number of hydrogen-bond donors (Lipinski definition) is 1. The van der Waals surface area contributed by atoms with Crippen molar-refractivity contribution in [1.29, 1.82) is 5.59 Å². The molecule has 0 spiro atoms. The van der Waals surface area contributed by atoms with Crippen LogP contribution < -0.4 is 0 Å². The topological polar surface area (TPSA) is 72.4 Å². The molecule has 0 rings (SSSR count). The van der Waals surface area contributed by atoms with Crippen LogP contribution in [0.2, 0.25) is 0 Å². The zero-order valence-electron chi connectivity index (χ0n) is 1.91. The minimum Gasteiger partial charge on any atom is -0.412 e. The van der Waals surface area contributed by atoms with Crippen molar-refractivity contribution in [2.24, 2.45) is 0 Å². The van der Waals surface area contributed by atoms with Crippen molar-refractivity contribution >= 4 is 11.0 Å². The van der Waals surface area contributed by atoms with Crippen molar-refractivity contribution in [2.75, 3.05) is 0 Å². The third-order valence-corrected chi connectivity index (χ3v) is 0. The molecule has 3 N–H and O–H groups in total. The van der Waals surface area contributed by atoms with E-state index in [4.69, 9.17) is 4.91 Å². The largest absolute Gasteiger partial charge is 0.412 e. The second-order valence-electron chi connectivity index (χ2n) is 0. The van der Waals surface area contributed by atoms with Gasteiger partial charge in [-0.05, 0) is 0 Å². The van der Waals surface area contributed by atoms with Gasteiger partial charge in [-0.2, -0.15) is 4.91 Å². The van der Waals surface area contributed by atoms with Gasteiger partial charge in [-0.15, -0.1) is 0 Å². The first-order valence-corrected chi connectivity index (χ1v) is 0.204. The monoisotopic (exact) mass is 77.0 g/mol. The van der Waals surface area contributed by atoms with Gasteiger partial charge < -0.3 is 5.48 Å². The Morgan fingerprint density at radius 3 is 1.25 bits per heavy atom. The lowest BCUT2D eigenvalue weighted by Gasteiger charge is -0.827. The van der Waals surface area contributed by atoms with Gasteiger partial charge >= 0.3 is 0 Å². The summed E-state index contributed by atoms with van der Waals surface area (Å²) in [5, 5.41) is 0. The molecular weight excluding hydrogens is 74.1 g/mol. The van der Waals surface area contributed by atoms with E-state index in [2.05, 4.69) is 5.59 Å². The van der Waals surface area contributed by atoms with Crippen molar-refractivity contribution in [1.82, 2.24) is 0 Å². The molecule has 0 aromatic carbocycles. The SMILES string of the molecule is N=O.O.[Si]. The Morgan fingerprint density at radius 2 is 1.25 bits per heavy atom. The predicted molar refractivity (Wildman–Crippen MR) is 15.5 cm³/mol. The molecule has 0 heterocycles. The maximum absolute atomic E-state index is 7.50. The lowest BCUT2D eigenvalue weighted by Crippen LogP contribution is -0.649. The maximum Gasteiger partial charge on any atom is 0 e. The van der Waals surface area contributed by atoms with Crippen LogP contribution in [0.4, 0.5) is 0 Å². The van der Waals surface area contributed by atoms with E-state index in [9.17, 15) is 0 Å². The molecule has 0 aliphatic heterocycles. The average molecular weight is 77.1 g/mol. The van der Waals surface area contributed by atoms with E-state index < -0.39 is 0 Å². The van der Waals surface area contributed by atoms with E-state index in [0.717, 1.165) is 0 Å². The van der Waals surface area contributed by atoms with Gasteiger partial charge in [0.15, 0.2) is 0 Å². The van der Waals surface area contributed by atoms with Crippen LogP contribution in [0.25, 0.3) is 0 Å². The fraction of sp³-hybridized carbons (Fsp3) is 0. The van der Waals surface area contributed by atoms with Crippen molar-refractivity contribution in [3.63, 3.8) is 0 Å². The molecule has 0 aliphatic carbocycles. The summed E-state index contributed by atoms with van der Waals surface area (Å²) in [5.41, 5.74) is 4.50. The van der Waals surface area contributed by atoms with E-state index in [0.29, 0.717) is 0 Å². The number of nitroso groups, excluding NO2 is 1. The molecule has 0 bridgehead atoms. The average Bonchev–Trinajstić information content (AvgIpc) is 1.00. The number of rotatable bonds is 0. The van der Waals surface area contributed by atoms with Gasteiger partial charge in [0, 0.05) is 11.0 Å². The first-order valence-electron chi connectivity index (χ1n) is 0.204. The molecule has 0 aliphatic rings. The second-order valence-corrected chi connectivity index (χ2v) is 0. The van der Waals surface area contributed by atoms with Crippen LogP contribution in [-0.4, -0.2) is 16.4 Å². The summed E-state index contributed by atoms with van der Waals surface area (Å²) in [4.78, 5) is 7.50. The van der Waals surface area contributed by atoms with Crippen molar-refractivity contribution in [3.8, 4) is 0 Å². The number of nitrogens with one attached hydrogen (secondary N) is 1. The molecule has 3 nitrogen and oxygen atoms in total. The first kappa shape index (κ1) is 48.3. The lowest BCUT2D eigenvalue weighted by atomic mass is 13.8. The fourth-order valence-electron chi connectivity index (χ4n) is 0. The molecule has 4 heavy (non-hydrogen) atoms. The van der Waals surface area contributed by atoms with Gasteiger partial charge in [0.2, 0.25) is 0 Å². The molecule has 0 saturated carbocycles. The van der Waals surface area contributed by atoms with Crippen LogP contribution in [0, 0.1) is 10.5 Å². The zero-order chi connectivity index (χ0) is 2.00. The molecule has 0 amide bonds. The minimum atomic E-state index is 0. The Hall–Kier alpha value is -0.223. The Kier molecular flexibility index (Phi) is 2120. The maximum atomic E-state index is 7.50. The Balaban J connectivity index is -0.00000000500. The summed E-state index contributed by atoms with van der Waals surface area (Å²) in [6.45, 7) is 0. The summed E-state index contributed by atoms with van der Waals surface area (Å²) in [6.07, 6.45) is 0. The highest BCUT2D eigenvalue weighted by molar-refractivity contribution is 5.75. The van der Waals surface area contributed by atoms with E-state index in [1.54, 1.807) is 0 Å². The van der Waals surface area contributed by atoms with Gasteiger partial charge in [-0.1, -0.05) is 5.59 Å². The summed E-state index contributed by atoms with van der Waals surface area (Å²) < 4.78 is 0. The molecule has 0 unspecified atom stereocenters. The minimum absolute atomic E-state index is 0. The quantitative estimate of drug-likeness (QED) is 0.296. The third-order valence-electron chi connectivity index (χ3n) is 0. The Bertz CT molecular complexity index is 6.00. The van der Waals surface area contributed by atoms with Gasteiger partial charge in [-0.25, -0.2) is 0 Å². The van der Waals surface area contributed by atoms with Crippen molar-refractivity contribution in [2.45, 2.75) is 0 Å². The molecule has 0 atom stereocenters. The Morgan fingerprint density at radius 1 is 1.25 bits per heavy atom. The predicted octanol–water partition coefficient (Wildman–Crippen LogP) is -0.874. The molecule has 4 heteroatoms. The summed E-state index contributed by atoms with van der Waals surface area (Å²) >= 11 is 0. The van der Waals surface area contributed by atoms with Gasteiger partial charge in [0.25, 0.3) is 0 Å². The van der Waals surface area contributed by atoms with E-state index in [1.165, 1.54) is 0 Å². The molecule has 0 aromatic rings. The van der Waals surface area contributed by atoms with Crippen LogP contribution >= 0.6 is 0 Å². The number of hydrogen-bond acceptors (Lipinski definition) is 2. The highest BCUT2D eigenvalue weighted by Crippen LogP contribution is 0.766. The smallest absolute Gasteiger partial charge is 0 e. The standard InChI is InChI=1S/HNO.H2O.Si/c1-2;;/h1H;1H2;. The lowest BCUT2D eigenvalue weighted by molar-refractivity contribution is 0.824. The summed E-state index contributed by atoms with van der Waals surface area (Å²) in [7, 11) is 0. The van der Waals surface area contributed by atoms with Gasteiger partial charge in [0.1, 0.15) is 0 Å². The highest BCUT2D eigenvalue weighted by atomic mass is 28.1. The first-order chi connectivity index (χ1) is 1.00. The summed E-state index contributed by atoms with van der Waals surface area (Å²) in [6, 6.07) is 0. The van der Waals surface area contributed by atoms with Crippen molar-refractivity contribution in [3.05, 3.63) is 4.91 Å². The van der Waals surface area contributed by atoms with E-state index >= 15 is 0 Å². The highest BCUT2D eigenvalue weighted by Gasteiger charge is 0.588. The molecule has 24 valence electrons. The van der Waals surface area contributed by atoms with E-state index in [-0.39, 0.29) is 16.4 Å². The van der Waals surface area contributed by atoms with Crippen LogP contribution in [0.15, 0.2) is 0 Å². The molecule has 0 aromatic heterocycles. The van der Waals surface area contributed by atoms with Crippen LogP contribution in [0.5, 0.6) is 0 Å². The summed E-state index contributed by atoms with van der Waals surface area (Å²) in [5.74, 6) is 0. The second kappa shape index (κ2) is 176. The molecule has 0 fully saturated rings. The van der Waals surface area contributed by atoms with Crippen LogP contribution in [0.1, 0.15) is 0 Å². The molecule has 0 saturated heterocycles. The normalized spacial score (nSPS) is 1.00. The van der Waals surface area contributed by atoms with Crippen LogP contribution in [0.3, 0.4) is 0 Å². The molecule has 4 radical (unpaired) electrons. The Labute approximate surface area is 28.1 Å². The fourth-order valence-corrected chi connectivity index (χ4v) is 0. The van der Waals surface area contributed by atoms with Gasteiger partial charge in [0.05, 0.1) is 0 Å². The third kappa shape index (κ3) is 21.5. The zero-order valence-corrected chi connectivity index (χ0v) is 2.91. The van der Waals surface area contributed by atoms with Crippen molar-refractivity contribution < 1.29 is 5.48 Å².